The van der Waals surface area contributed by atoms with Crippen LogP contribution in [0.2, 0.25) is 0 Å². The maximum atomic E-state index is 12.1. The van der Waals surface area contributed by atoms with Gasteiger partial charge < -0.3 is 10.4 Å². The first-order valence-electron chi connectivity index (χ1n) is 6.53. The molecule has 1 aliphatic carbocycles. The van der Waals surface area contributed by atoms with Gasteiger partial charge in [0.15, 0.2) is 0 Å². The minimum Gasteiger partial charge on any atom is -0.480 e. The Morgan fingerprint density at radius 1 is 1.35 bits per heavy atom. The number of carbonyl (C=O) groups excluding carboxylic acids is 1. The Balaban J connectivity index is 2.54. The van der Waals surface area contributed by atoms with E-state index >= 15 is 0 Å². The number of carboxylic acid groups (broad SMARTS) is 1. The van der Waals surface area contributed by atoms with Crippen LogP contribution in [-0.2, 0) is 9.59 Å². The molecule has 0 aromatic rings. The topological polar surface area (TPSA) is 66.4 Å². The molecule has 1 saturated carbocycles. The molecule has 2 N–H and O–H groups in total. The molecule has 4 nitrogen and oxygen atoms in total. The van der Waals surface area contributed by atoms with Crippen LogP contribution < -0.4 is 5.32 Å². The highest BCUT2D eigenvalue weighted by molar-refractivity contribution is 5.87. The molecule has 0 aliphatic heterocycles. The molecule has 0 aromatic heterocycles. The summed E-state index contributed by atoms with van der Waals surface area (Å²) in [7, 11) is 0. The van der Waals surface area contributed by atoms with Crippen LogP contribution in [0.5, 0.6) is 0 Å². The fraction of sp³-hybridized carbons (Fsp3) is 0.846. The van der Waals surface area contributed by atoms with Crippen LogP contribution in [0.15, 0.2) is 0 Å². The lowest BCUT2D eigenvalue weighted by atomic mass is 9.87. The third-order valence-electron chi connectivity index (χ3n) is 3.71. The Morgan fingerprint density at radius 2 is 1.94 bits per heavy atom. The van der Waals surface area contributed by atoms with E-state index in [9.17, 15) is 9.59 Å². The first kappa shape index (κ1) is 14.0. The Morgan fingerprint density at radius 3 is 2.41 bits per heavy atom. The normalized spacial score (nSPS) is 19.9. The van der Waals surface area contributed by atoms with Gasteiger partial charge >= 0.3 is 5.97 Å². The number of aliphatic carboxylic acids is 1. The van der Waals surface area contributed by atoms with Gasteiger partial charge in [0, 0.05) is 5.41 Å². The average Bonchev–Trinajstić information content (AvgIpc) is 2.72. The monoisotopic (exact) mass is 241 g/mol. The molecule has 0 saturated heterocycles. The van der Waals surface area contributed by atoms with Crippen molar-refractivity contribution in [2.75, 3.05) is 0 Å². The Hall–Kier alpha value is -1.06. The van der Waals surface area contributed by atoms with Gasteiger partial charge in [0.25, 0.3) is 0 Å². The molecule has 4 heteroatoms. The summed E-state index contributed by atoms with van der Waals surface area (Å²) in [6.07, 6.45) is 6.17. The van der Waals surface area contributed by atoms with Gasteiger partial charge in [-0.3, -0.25) is 4.79 Å². The molecule has 1 aliphatic rings. The lowest BCUT2D eigenvalue weighted by Gasteiger charge is -2.25. The van der Waals surface area contributed by atoms with Crippen LogP contribution in [0, 0.1) is 5.41 Å². The van der Waals surface area contributed by atoms with Crippen molar-refractivity contribution in [3.63, 3.8) is 0 Å². The zero-order valence-corrected chi connectivity index (χ0v) is 10.8. The highest BCUT2D eigenvalue weighted by Gasteiger charge is 2.37. The highest BCUT2D eigenvalue weighted by Crippen LogP contribution is 2.37. The summed E-state index contributed by atoms with van der Waals surface area (Å²) in [6, 6.07) is -0.722. The van der Waals surface area contributed by atoms with E-state index in [1.54, 1.807) is 0 Å². The molecule has 0 radical (unpaired) electrons. The van der Waals surface area contributed by atoms with E-state index in [4.69, 9.17) is 5.11 Å². The zero-order valence-electron chi connectivity index (χ0n) is 10.8. The number of unbranched alkanes of at least 4 members (excludes halogenated alkanes) is 1. The van der Waals surface area contributed by atoms with Gasteiger partial charge in [-0.05, 0) is 19.3 Å². The van der Waals surface area contributed by atoms with Crippen molar-refractivity contribution in [3.05, 3.63) is 0 Å². The number of carbonyl (C=O) groups is 2. The standard InChI is InChI=1S/C13H23NO3/c1-3-4-7-10(11(15)16)14-12(17)13(2)8-5-6-9-13/h10H,3-9H2,1-2H3,(H,14,17)(H,15,16). The van der Waals surface area contributed by atoms with Crippen LogP contribution >= 0.6 is 0 Å². The summed E-state index contributed by atoms with van der Waals surface area (Å²) in [5, 5.41) is 11.8. The van der Waals surface area contributed by atoms with Crippen LogP contribution in [0.3, 0.4) is 0 Å². The largest absolute Gasteiger partial charge is 0.480 e. The second kappa shape index (κ2) is 6.03. The predicted octanol–water partition coefficient (Wildman–Crippen LogP) is 2.33. The van der Waals surface area contributed by atoms with Gasteiger partial charge in [0.1, 0.15) is 6.04 Å². The van der Waals surface area contributed by atoms with E-state index in [0.29, 0.717) is 6.42 Å². The average molecular weight is 241 g/mol. The molecule has 0 heterocycles. The van der Waals surface area contributed by atoms with Crippen molar-refractivity contribution in [2.45, 2.75) is 64.8 Å². The van der Waals surface area contributed by atoms with Crippen molar-refractivity contribution in [1.29, 1.82) is 0 Å². The first-order chi connectivity index (χ1) is 7.99. The van der Waals surface area contributed by atoms with E-state index in [1.807, 2.05) is 13.8 Å². The summed E-state index contributed by atoms with van der Waals surface area (Å²) >= 11 is 0. The number of nitrogens with one attached hydrogen (secondary N) is 1. The number of carboxylic acids is 1. The Bertz CT molecular complexity index is 282. The lowest BCUT2D eigenvalue weighted by Crippen LogP contribution is -2.46. The van der Waals surface area contributed by atoms with Crippen molar-refractivity contribution < 1.29 is 14.7 Å². The van der Waals surface area contributed by atoms with Gasteiger partial charge in [0.2, 0.25) is 5.91 Å². The smallest absolute Gasteiger partial charge is 0.326 e. The number of amides is 1. The van der Waals surface area contributed by atoms with Crippen LogP contribution in [-0.4, -0.2) is 23.0 Å². The van der Waals surface area contributed by atoms with E-state index in [2.05, 4.69) is 5.32 Å². The molecule has 1 rings (SSSR count). The number of rotatable bonds is 6. The molecule has 0 spiro atoms. The van der Waals surface area contributed by atoms with Crippen LogP contribution in [0.4, 0.5) is 0 Å². The van der Waals surface area contributed by atoms with Gasteiger partial charge in [-0.2, -0.15) is 0 Å². The zero-order chi connectivity index (χ0) is 12.9. The van der Waals surface area contributed by atoms with Gasteiger partial charge in [-0.1, -0.05) is 39.5 Å². The SMILES string of the molecule is CCCCC(NC(=O)C1(C)CCCC1)C(=O)O. The quantitative estimate of drug-likeness (QED) is 0.750. The molecular weight excluding hydrogens is 218 g/mol. The third kappa shape index (κ3) is 3.72. The van der Waals surface area contributed by atoms with E-state index < -0.39 is 12.0 Å². The Kier molecular flexibility index (Phi) is 4.97. The molecule has 1 amide bonds. The number of hydrogen-bond acceptors (Lipinski definition) is 2. The van der Waals surface area contributed by atoms with Crippen molar-refractivity contribution in [1.82, 2.24) is 5.32 Å². The Labute approximate surface area is 103 Å². The summed E-state index contributed by atoms with van der Waals surface area (Å²) in [6.45, 7) is 3.95. The lowest BCUT2D eigenvalue weighted by molar-refractivity contribution is -0.143. The third-order valence-corrected chi connectivity index (χ3v) is 3.71. The van der Waals surface area contributed by atoms with Crippen LogP contribution in [0.25, 0.3) is 0 Å². The molecular formula is C13H23NO3. The first-order valence-corrected chi connectivity index (χ1v) is 6.53. The van der Waals surface area contributed by atoms with E-state index in [1.165, 1.54) is 0 Å². The second-order valence-corrected chi connectivity index (χ2v) is 5.27. The highest BCUT2D eigenvalue weighted by atomic mass is 16.4. The second-order valence-electron chi connectivity index (χ2n) is 5.27. The minimum absolute atomic E-state index is 0.0847. The summed E-state index contributed by atoms with van der Waals surface area (Å²) in [4.78, 5) is 23.1. The van der Waals surface area contributed by atoms with Gasteiger partial charge in [0.05, 0.1) is 0 Å². The fourth-order valence-electron chi connectivity index (χ4n) is 2.38. The van der Waals surface area contributed by atoms with Crippen molar-refractivity contribution in [2.24, 2.45) is 5.41 Å². The van der Waals surface area contributed by atoms with Crippen LogP contribution in [0.1, 0.15) is 58.8 Å². The summed E-state index contributed by atoms with van der Waals surface area (Å²) < 4.78 is 0. The van der Waals surface area contributed by atoms with Gasteiger partial charge in [-0.25, -0.2) is 4.79 Å². The molecule has 1 unspecified atom stereocenters. The van der Waals surface area contributed by atoms with Crippen molar-refractivity contribution in [3.8, 4) is 0 Å². The molecule has 98 valence electrons. The summed E-state index contributed by atoms with van der Waals surface area (Å²) in [5.74, 6) is -1.01. The van der Waals surface area contributed by atoms with E-state index in [0.717, 1.165) is 38.5 Å². The number of hydrogen-bond donors (Lipinski definition) is 2. The van der Waals surface area contributed by atoms with Gasteiger partial charge in [-0.15, -0.1) is 0 Å². The fourth-order valence-corrected chi connectivity index (χ4v) is 2.38. The maximum absolute atomic E-state index is 12.1. The maximum Gasteiger partial charge on any atom is 0.326 e. The molecule has 17 heavy (non-hydrogen) atoms. The molecule has 0 aromatic carbocycles. The molecule has 0 bridgehead atoms. The van der Waals surface area contributed by atoms with Crippen molar-refractivity contribution >= 4 is 11.9 Å². The summed E-state index contributed by atoms with van der Waals surface area (Å²) in [5.41, 5.74) is -0.347. The minimum atomic E-state index is -0.923. The van der Waals surface area contributed by atoms with E-state index in [-0.39, 0.29) is 11.3 Å². The molecule has 1 atom stereocenters. The predicted molar refractivity (Wildman–Crippen MR) is 65.7 cm³/mol. The molecule has 1 fully saturated rings.